The Morgan fingerprint density at radius 1 is 1.19 bits per heavy atom. The van der Waals surface area contributed by atoms with E-state index in [1.807, 2.05) is 6.92 Å². The smallest absolute Gasteiger partial charge is 0.315 e. The highest BCUT2D eigenvalue weighted by atomic mass is 32.2. The molecule has 2 aliphatic carbocycles. The van der Waals surface area contributed by atoms with E-state index < -0.39 is 16.9 Å². The summed E-state index contributed by atoms with van der Waals surface area (Å²) in [6.45, 7) is 4.04. The van der Waals surface area contributed by atoms with Gasteiger partial charge in [0, 0.05) is 0 Å². The van der Waals surface area contributed by atoms with Crippen LogP contribution in [0, 0.1) is 11.3 Å². The van der Waals surface area contributed by atoms with Crippen LogP contribution in [0.1, 0.15) is 58.8 Å². The predicted molar refractivity (Wildman–Crippen MR) is 83.0 cm³/mol. The molecular weight excluding hydrogens is 288 g/mol. The van der Waals surface area contributed by atoms with Gasteiger partial charge in [-0.2, -0.15) is 0 Å². The second-order valence-electron chi connectivity index (χ2n) is 6.13. The summed E-state index contributed by atoms with van der Waals surface area (Å²) >= 11 is 1.26. The minimum absolute atomic E-state index is 0.0373. The Hall–Kier alpha value is -0.550. The number of carbonyl (C=O) groups is 2. The number of hydrogen-bond donors (Lipinski definition) is 1. The molecule has 2 aliphatic rings. The van der Waals surface area contributed by atoms with Crippen LogP contribution in [-0.2, 0) is 14.3 Å². The van der Waals surface area contributed by atoms with Crippen LogP contribution in [0.2, 0.25) is 0 Å². The molecule has 120 valence electrons. The zero-order valence-corrected chi connectivity index (χ0v) is 13.8. The molecule has 0 radical (unpaired) electrons. The summed E-state index contributed by atoms with van der Waals surface area (Å²) in [6, 6.07) is 0. The molecule has 2 saturated carbocycles. The highest BCUT2D eigenvalue weighted by Gasteiger charge is 2.63. The molecule has 0 aliphatic heterocycles. The topological polar surface area (TPSA) is 63.6 Å². The van der Waals surface area contributed by atoms with E-state index in [0.717, 1.165) is 19.3 Å². The lowest BCUT2D eigenvalue weighted by Gasteiger charge is -2.54. The number of thioether (sulfide) groups is 1. The number of carbonyl (C=O) groups excluding carboxylic acids is 2. The molecule has 3 atom stereocenters. The quantitative estimate of drug-likeness (QED) is 0.808. The molecule has 2 fully saturated rings. The van der Waals surface area contributed by atoms with Gasteiger partial charge in [-0.05, 0) is 38.4 Å². The van der Waals surface area contributed by atoms with E-state index in [1.165, 1.54) is 11.8 Å². The van der Waals surface area contributed by atoms with Gasteiger partial charge >= 0.3 is 5.97 Å². The van der Waals surface area contributed by atoms with E-state index in [0.29, 0.717) is 38.0 Å². The summed E-state index contributed by atoms with van der Waals surface area (Å²) in [6.07, 6.45) is 5.10. The van der Waals surface area contributed by atoms with Crippen molar-refractivity contribution in [1.29, 1.82) is 0 Å². The Kier molecular flexibility index (Phi) is 5.36. The third-order valence-electron chi connectivity index (χ3n) is 5.15. The van der Waals surface area contributed by atoms with Crippen LogP contribution in [-0.4, -0.2) is 34.2 Å². The molecule has 0 spiro atoms. The van der Waals surface area contributed by atoms with Crippen LogP contribution in [0.4, 0.5) is 0 Å². The van der Waals surface area contributed by atoms with E-state index >= 15 is 0 Å². The van der Waals surface area contributed by atoms with Crippen LogP contribution in [0.15, 0.2) is 0 Å². The number of ether oxygens (including phenoxy) is 1. The average Bonchev–Trinajstić information content (AvgIpc) is 2.46. The molecule has 4 nitrogen and oxygen atoms in total. The van der Waals surface area contributed by atoms with Crippen molar-refractivity contribution in [1.82, 2.24) is 0 Å². The maximum absolute atomic E-state index is 12.6. The first-order valence-corrected chi connectivity index (χ1v) is 9.06. The summed E-state index contributed by atoms with van der Waals surface area (Å²) in [4.78, 5) is 25.0. The zero-order valence-electron chi connectivity index (χ0n) is 13.0. The third kappa shape index (κ3) is 2.74. The summed E-state index contributed by atoms with van der Waals surface area (Å²) in [5.74, 6) is -0.0234. The van der Waals surface area contributed by atoms with E-state index in [2.05, 4.69) is 0 Å². The van der Waals surface area contributed by atoms with Crippen molar-refractivity contribution in [3.05, 3.63) is 0 Å². The Morgan fingerprint density at radius 3 is 2.52 bits per heavy atom. The molecule has 0 aromatic rings. The van der Waals surface area contributed by atoms with Crippen molar-refractivity contribution in [2.75, 3.05) is 12.4 Å². The van der Waals surface area contributed by atoms with Gasteiger partial charge in [0.15, 0.2) is 5.12 Å². The van der Waals surface area contributed by atoms with Crippen molar-refractivity contribution < 1.29 is 19.4 Å². The molecule has 0 saturated heterocycles. The van der Waals surface area contributed by atoms with Crippen molar-refractivity contribution in [2.24, 2.45) is 11.3 Å². The van der Waals surface area contributed by atoms with Crippen LogP contribution >= 0.6 is 11.8 Å². The highest BCUT2D eigenvalue weighted by molar-refractivity contribution is 8.13. The van der Waals surface area contributed by atoms with Gasteiger partial charge in [0.1, 0.15) is 0 Å². The normalized spacial score (nSPS) is 35.9. The highest BCUT2D eigenvalue weighted by Crippen LogP contribution is 2.57. The summed E-state index contributed by atoms with van der Waals surface area (Å²) < 4.78 is 5.28. The number of esters is 1. The van der Waals surface area contributed by atoms with Crippen LogP contribution in [0.5, 0.6) is 0 Å². The molecule has 0 amide bonds. The van der Waals surface area contributed by atoms with Gasteiger partial charge in [-0.15, -0.1) is 0 Å². The van der Waals surface area contributed by atoms with Gasteiger partial charge < -0.3 is 9.84 Å². The first kappa shape index (κ1) is 16.8. The fourth-order valence-corrected chi connectivity index (χ4v) is 4.98. The van der Waals surface area contributed by atoms with Crippen LogP contribution < -0.4 is 0 Å². The molecule has 0 aromatic heterocycles. The molecule has 0 heterocycles. The van der Waals surface area contributed by atoms with Crippen molar-refractivity contribution in [3.8, 4) is 0 Å². The molecule has 0 unspecified atom stereocenters. The molecule has 5 heteroatoms. The number of rotatable bonds is 4. The first-order chi connectivity index (χ1) is 10.0. The van der Waals surface area contributed by atoms with E-state index in [9.17, 15) is 14.7 Å². The van der Waals surface area contributed by atoms with Gasteiger partial charge in [-0.3, -0.25) is 9.59 Å². The first-order valence-electron chi connectivity index (χ1n) is 8.08. The fraction of sp³-hybridized carbons (Fsp3) is 0.875. The van der Waals surface area contributed by atoms with Crippen LogP contribution in [0.25, 0.3) is 0 Å². The zero-order chi connectivity index (χ0) is 15.5. The molecular formula is C16H26O4S. The van der Waals surface area contributed by atoms with Crippen molar-refractivity contribution in [2.45, 2.75) is 64.4 Å². The molecule has 1 N–H and O–H groups in total. The van der Waals surface area contributed by atoms with Crippen molar-refractivity contribution >= 4 is 22.8 Å². The second kappa shape index (κ2) is 6.69. The second-order valence-corrected chi connectivity index (χ2v) is 7.40. The summed E-state index contributed by atoms with van der Waals surface area (Å²) in [5, 5.41) is 11.4. The van der Waals surface area contributed by atoms with Gasteiger partial charge in [0.25, 0.3) is 0 Å². The lowest BCUT2D eigenvalue weighted by Crippen LogP contribution is -2.63. The SMILES string of the molecule is CCOC(=O)[C@@]12CCCC[C@]1(O)[C@@H](C(=O)SCC)CCC2. The minimum Gasteiger partial charge on any atom is -0.465 e. The maximum Gasteiger partial charge on any atom is 0.315 e. The van der Waals surface area contributed by atoms with E-state index in [-0.39, 0.29) is 11.1 Å². The lowest BCUT2D eigenvalue weighted by atomic mass is 9.53. The average molecular weight is 314 g/mol. The Labute approximate surface area is 131 Å². The number of aliphatic hydroxyl groups is 1. The minimum atomic E-state index is -1.21. The predicted octanol–water partition coefficient (Wildman–Crippen LogP) is 2.92. The van der Waals surface area contributed by atoms with Gasteiger partial charge in [-0.25, -0.2) is 0 Å². The van der Waals surface area contributed by atoms with Crippen molar-refractivity contribution in [3.63, 3.8) is 0 Å². The monoisotopic (exact) mass is 314 g/mol. The summed E-state index contributed by atoms with van der Waals surface area (Å²) in [7, 11) is 0. The largest absolute Gasteiger partial charge is 0.465 e. The Morgan fingerprint density at radius 2 is 1.86 bits per heavy atom. The van der Waals surface area contributed by atoms with Gasteiger partial charge in [-0.1, -0.05) is 37.9 Å². The van der Waals surface area contributed by atoms with Gasteiger partial charge in [0.05, 0.1) is 23.5 Å². The lowest BCUT2D eigenvalue weighted by molar-refractivity contribution is -0.205. The Bertz CT molecular complexity index is 407. The maximum atomic E-state index is 12.6. The Balaban J connectivity index is 2.36. The molecule has 0 bridgehead atoms. The molecule has 21 heavy (non-hydrogen) atoms. The standard InChI is InChI=1S/C16H26O4S/c1-3-20-14(18)15-9-5-6-11-16(15,19)12(8-7-10-15)13(17)21-4-2/h12,19H,3-11H2,1-2H3/t12-,15+,16+/m1/s1. The number of fused-ring (bicyclic) bond motifs is 1. The molecule has 0 aromatic carbocycles. The van der Waals surface area contributed by atoms with E-state index in [4.69, 9.17) is 4.74 Å². The molecule has 2 rings (SSSR count). The third-order valence-corrected chi connectivity index (χ3v) is 6.01. The van der Waals surface area contributed by atoms with Crippen LogP contribution in [0.3, 0.4) is 0 Å². The number of hydrogen-bond acceptors (Lipinski definition) is 5. The van der Waals surface area contributed by atoms with E-state index in [1.54, 1.807) is 6.92 Å². The summed E-state index contributed by atoms with van der Waals surface area (Å²) in [5.41, 5.74) is -2.08. The fourth-order valence-electron chi connectivity index (χ4n) is 4.18. The van der Waals surface area contributed by atoms with Gasteiger partial charge in [0.2, 0.25) is 0 Å².